The second-order valence-electron chi connectivity index (χ2n) is 5.55. The standard InChI is InChI=1S/C21H20O4/c1-23-19-12-15(13-20(24-2)21(19)25-3)9-8-14-10-16-6-4-5-7-17(16)18(22)11-14/h4-13,22H,1-3H3/b9-8-. The first-order chi connectivity index (χ1) is 12.2. The van der Waals surface area contributed by atoms with Crippen molar-refractivity contribution in [1.82, 2.24) is 0 Å². The highest BCUT2D eigenvalue weighted by Gasteiger charge is 2.12. The molecule has 4 nitrogen and oxygen atoms in total. The molecule has 25 heavy (non-hydrogen) atoms. The minimum absolute atomic E-state index is 0.266. The molecule has 3 aromatic carbocycles. The lowest BCUT2D eigenvalue weighted by Crippen LogP contribution is -1.95. The molecular weight excluding hydrogens is 316 g/mol. The summed E-state index contributed by atoms with van der Waals surface area (Å²) >= 11 is 0. The third-order valence-electron chi connectivity index (χ3n) is 4.02. The second-order valence-corrected chi connectivity index (χ2v) is 5.55. The lowest BCUT2D eigenvalue weighted by atomic mass is 10.0. The highest BCUT2D eigenvalue weighted by atomic mass is 16.5. The highest BCUT2D eigenvalue weighted by Crippen LogP contribution is 2.38. The van der Waals surface area contributed by atoms with Crippen LogP contribution in [0.3, 0.4) is 0 Å². The molecule has 0 radical (unpaired) electrons. The summed E-state index contributed by atoms with van der Waals surface area (Å²) in [6, 6.07) is 15.3. The number of ether oxygens (including phenoxy) is 3. The first-order valence-electron chi connectivity index (χ1n) is 7.86. The van der Waals surface area contributed by atoms with E-state index in [0.717, 1.165) is 21.9 Å². The van der Waals surface area contributed by atoms with Gasteiger partial charge in [-0.1, -0.05) is 36.4 Å². The molecule has 1 N–H and O–H groups in total. The Hall–Kier alpha value is -3.14. The van der Waals surface area contributed by atoms with Crippen LogP contribution in [-0.2, 0) is 0 Å². The smallest absolute Gasteiger partial charge is 0.203 e. The van der Waals surface area contributed by atoms with Crippen LogP contribution in [0.4, 0.5) is 0 Å². The van der Waals surface area contributed by atoms with Crippen LogP contribution in [0.2, 0.25) is 0 Å². The molecule has 128 valence electrons. The van der Waals surface area contributed by atoms with Gasteiger partial charge in [0.2, 0.25) is 5.75 Å². The number of aromatic hydroxyl groups is 1. The summed E-state index contributed by atoms with van der Waals surface area (Å²) in [7, 11) is 4.76. The van der Waals surface area contributed by atoms with Crippen LogP contribution in [-0.4, -0.2) is 26.4 Å². The molecule has 0 fully saturated rings. The van der Waals surface area contributed by atoms with Gasteiger partial charge in [0.15, 0.2) is 11.5 Å². The summed E-state index contributed by atoms with van der Waals surface area (Å²) in [4.78, 5) is 0. The number of hydrogen-bond donors (Lipinski definition) is 1. The van der Waals surface area contributed by atoms with E-state index < -0.39 is 0 Å². The zero-order valence-corrected chi connectivity index (χ0v) is 14.4. The summed E-state index contributed by atoms with van der Waals surface area (Å²) in [5.41, 5.74) is 1.81. The molecule has 0 aliphatic rings. The van der Waals surface area contributed by atoms with Crippen molar-refractivity contribution >= 4 is 22.9 Å². The number of hydrogen-bond acceptors (Lipinski definition) is 4. The van der Waals surface area contributed by atoms with E-state index in [2.05, 4.69) is 0 Å². The third kappa shape index (κ3) is 3.38. The Kier molecular flexibility index (Phi) is 4.80. The van der Waals surface area contributed by atoms with E-state index >= 15 is 0 Å². The molecule has 0 spiro atoms. The fourth-order valence-electron chi connectivity index (χ4n) is 2.80. The maximum Gasteiger partial charge on any atom is 0.203 e. The Bertz CT molecular complexity index is 903. The zero-order chi connectivity index (χ0) is 17.8. The van der Waals surface area contributed by atoms with Crippen molar-refractivity contribution in [3.63, 3.8) is 0 Å². The van der Waals surface area contributed by atoms with Crippen LogP contribution in [0.5, 0.6) is 23.0 Å². The SMILES string of the molecule is COc1cc(/C=C\c2cc(O)c3ccccc3c2)cc(OC)c1OC. The third-order valence-corrected chi connectivity index (χ3v) is 4.02. The Morgan fingerprint density at radius 3 is 1.96 bits per heavy atom. The van der Waals surface area contributed by atoms with Crippen molar-refractivity contribution in [2.75, 3.05) is 21.3 Å². The number of rotatable bonds is 5. The Morgan fingerprint density at radius 2 is 1.36 bits per heavy atom. The fourth-order valence-corrected chi connectivity index (χ4v) is 2.80. The van der Waals surface area contributed by atoms with Crippen LogP contribution in [0.15, 0.2) is 48.5 Å². The monoisotopic (exact) mass is 336 g/mol. The van der Waals surface area contributed by atoms with Crippen LogP contribution in [0.1, 0.15) is 11.1 Å². The maximum atomic E-state index is 10.2. The summed E-state index contributed by atoms with van der Waals surface area (Å²) in [6.07, 6.45) is 3.88. The summed E-state index contributed by atoms with van der Waals surface area (Å²) in [6.45, 7) is 0. The normalized spacial score (nSPS) is 11.0. The molecule has 0 aliphatic carbocycles. The molecule has 4 heteroatoms. The van der Waals surface area contributed by atoms with E-state index in [9.17, 15) is 5.11 Å². The van der Waals surface area contributed by atoms with E-state index in [1.54, 1.807) is 27.4 Å². The first kappa shape index (κ1) is 16.7. The molecule has 0 saturated carbocycles. The van der Waals surface area contributed by atoms with Crippen molar-refractivity contribution < 1.29 is 19.3 Å². The highest BCUT2D eigenvalue weighted by molar-refractivity contribution is 5.91. The zero-order valence-electron chi connectivity index (χ0n) is 14.4. The lowest BCUT2D eigenvalue weighted by molar-refractivity contribution is 0.324. The number of phenols is 1. The Balaban J connectivity index is 1.99. The minimum Gasteiger partial charge on any atom is -0.507 e. The predicted octanol–water partition coefficient (Wildman–Crippen LogP) is 4.74. The molecule has 0 atom stereocenters. The topological polar surface area (TPSA) is 47.9 Å². The van der Waals surface area contributed by atoms with Crippen molar-refractivity contribution in [3.8, 4) is 23.0 Å². The van der Waals surface area contributed by atoms with Crippen molar-refractivity contribution in [2.24, 2.45) is 0 Å². The second kappa shape index (κ2) is 7.18. The molecule has 0 aromatic heterocycles. The molecule has 0 aliphatic heterocycles. The maximum absolute atomic E-state index is 10.2. The number of benzene rings is 3. The van der Waals surface area contributed by atoms with Crippen molar-refractivity contribution in [3.05, 3.63) is 59.7 Å². The van der Waals surface area contributed by atoms with Crippen LogP contribution < -0.4 is 14.2 Å². The van der Waals surface area contributed by atoms with Gasteiger partial charge in [0, 0.05) is 5.39 Å². The van der Waals surface area contributed by atoms with Crippen LogP contribution in [0.25, 0.3) is 22.9 Å². The largest absolute Gasteiger partial charge is 0.507 e. The Labute approximate surface area is 146 Å². The molecular formula is C21H20O4. The van der Waals surface area contributed by atoms with Crippen molar-refractivity contribution in [2.45, 2.75) is 0 Å². The van der Waals surface area contributed by atoms with Gasteiger partial charge in [-0.25, -0.2) is 0 Å². The van der Waals surface area contributed by atoms with Gasteiger partial charge < -0.3 is 19.3 Å². The van der Waals surface area contributed by atoms with Gasteiger partial charge in [-0.15, -0.1) is 0 Å². The quantitative estimate of drug-likeness (QED) is 0.684. The fraction of sp³-hybridized carbons (Fsp3) is 0.143. The van der Waals surface area contributed by atoms with Crippen LogP contribution >= 0.6 is 0 Å². The molecule has 0 saturated heterocycles. The van der Waals surface area contributed by atoms with Gasteiger partial charge in [0.1, 0.15) is 5.75 Å². The van der Waals surface area contributed by atoms with E-state index in [1.165, 1.54) is 0 Å². The van der Waals surface area contributed by atoms with Crippen LogP contribution in [0, 0.1) is 0 Å². The van der Waals surface area contributed by atoms with Crippen molar-refractivity contribution in [1.29, 1.82) is 0 Å². The molecule has 0 unspecified atom stereocenters. The molecule has 3 rings (SSSR count). The van der Waals surface area contributed by atoms with Gasteiger partial charge in [-0.2, -0.15) is 0 Å². The lowest BCUT2D eigenvalue weighted by Gasteiger charge is -2.12. The van der Waals surface area contributed by atoms with Gasteiger partial charge in [-0.3, -0.25) is 0 Å². The van der Waals surface area contributed by atoms with Gasteiger partial charge in [0.25, 0.3) is 0 Å². The predicted molar refractivity (Wildman–Crippen MR) is 101 cm³/mol. The summed E-state index contributed by atoms with van der Waals surface area (Å²) in [5.74, 6) is 2.03. The molecule has 3 aromatic rings. The Morgan fingerprint density at radius 1 is 0.760 bits per heavy atom. The summed E-state index contributed by atoms with van der Waals surface area (Å²) in [5, 5.41) is 12.0. The number of fused-ring (bicyclic) bond motifs is 1. The van der Waals surface area contributed by atoms with E-state index in [4.69, 9.17) is 14.2 Å². The minimum atomic E-state index is 0.266. The van der Waals surface area contributed by atoms with E-state index in [1.807, 2.05) is 54.6 Å². The average Bonchev–Trinajstić information content (AvgIpc) is 2.65. The number of methoxy groups -OCH3 is 3. The van der Waals surface area contributed by atoms with E-state index in [-0.39, 0.29) is 5.75 Å². The summed E-state index contributed by atoms with van der Waals surface area (Å²) < 4.78 is 16.1. The van der Waals surface area contributed by atoms with E-state index in [0.29, 0.717) is 17.2 Å². The average molecular weight is 336 g/mol. The molecule has 0 amide bonds. The first-order valence-corrected chi connectivity index (χ1v) is 7.86. The number of phenolic OH excluding ortho intramolecular Hbond substituents is 1. The van der Waals surface area contributed by atoms with Gasteiger partial charge >= 0.3 is 0 Å². The molecule has 0 heterocycles. The van der Waals surface area contributed by atoms with Gasteiger partial charge in [0.05, 0.1) is 21.3 Å². The van der Waals surface area contributed by atoms with Gasteiger partial charge in [-0.05, 0) is 40.8 Å². The molecule has 0 bridgehead atoms.